The molecule has 2 heterocycles. The average Bonchev–Trinajstić information content (AvgIpc) is 3.28. The van der Waals surface area contributed by atoms with Gasteiger partial charge in [-0.15, -0.1) is 11.3 Å². The molecule has 0 radical (unpaired) electrons. The van der Waals surface area contributed by atoms with Gasteiger partial charge in [-0.2, -0.15) is 0 Å². The molecule has 0 aliphatic carbocycles. The van der Waals surface area contributed by atoms with Crippen LogP contribution in [0.5, 0.6) is 0 Å². The number of benzene rings is 4. The van der Waals surface area contributed by atoms with Crippen LogP contribution in [0.25, 0.3) is 47.7 Å². The van der Waals surface area contributed by atoms with Gasteiger partial charge in [-0.1, -0.05) is 60.7 Å². The molecule has 0 amide bonds. The summed E-state index contributed by atoms with van der Waals surface area (Å²) in [5.74, 6) is 0. The molecule has 6 rings (SSSR count). The van der Waals surface area contributed by atoms with E-state index in [4.69, 9.17) is 0 Å². The molecule has 29 heavy (non-hydrogen) atoms. The fraction of sp³-hybridized carbons (Fsp3) is 0. The summed E-state index contributed by atoms with van der Waals surface area (Å²) in [4.78, 5) is 0. The minimum Gasteiger partial charge on any atom is -0.423 e. The van der Waals surface area contributed by atoms with Crippen LogP contribution < -0.4 is 5.46 Å². The summed E-state index contributed by atoms with van der Waals surface area (Å²) in [6.45, 7) is 0. The Labute approximate surface area is 171 Å². The molecular weight excluding hydrogens is 377 g/mol. The number of hydrogen-bond acceptors (Lipinski definition) is 3. The lowest BCUT2D eigenvalue weighted by Crippen LogP contribution is -2.31. The second-order valence-electron chi connectivity index (χ2n) is 7.25. The third-order valence-electron chi connectivity index (χ3n) is 5.62. The molecule has 2 N–H and O–H groups in total. The third-order valence-corrected chi connectivity index (χ3v) is 6.76. The van der Waals surface area contributed by atoms with E-state index in [1.165, 1.54) is 20.2 Å². The van der Waals surface area contributed by atoms with Crippen LogP contribution in [0.15, 0.2) is 84.9 Å². The van der Waals surface area contributed by atoms with Crippen molar-refractivity contribution in [1.82, 2.24) is 4.57 Å². The van der Waals surface area contributed by atoms with Crippen molar-refractivity contribution < 1.29 is 10.0 Å². The van der Waals surface area contributed by atoms with Gasteiger partial charge in [0, 0.05) is 42.1 Å². The van der Waals surface area contributed by atoms with Crippen molar-refractivity contribution in [3.8, 4) is 5.69 Å². The molecule has 138 valence electrons. The molecule has 4 aromatic carbocycles. The Balaban J connectivity index is 1.75. The lowest BCUT2D eigenvalue weighted by molar-refractivity contribution is 0.426. The smallest absolute Gasteiger partial charge is 0.423 e. The molecule has 0 aliphatic rings. The predicted octanol–water partition coefficient (Wildman–Crippen LogP) is 4.83. The van der Waals surface area contributed by atoms with Crippen molar-refractivity contribution in [1.29, 1.82) is 0 Å². The first kappa shape index (κ1) is 16.8. The van der Waals surface area contributed by atoms with Crippen molar-refractivity contribution in [2.45, 2.75) is 0 Å². The summed E-state index contributed by atoms with van der Waals surface area (Å²) in [6, 6.07) is 28.8. The topological polar surface area (TPSA) is 45.4 Å². The highest BCUT2D eigenvalue weighted by Crippen LogP contribution is 2.37. The zero-order valence-electron chi connectivity index (χ0n) is 15.4. The summed E-state index contributed by atoms with van der Waals surface area (Å²) in [5, 5.41) is 24.7. The quantitative estimate of drug-likeness (QED) is 0.414. The van der Waals surface area contributed by atoms with Gasteiger partial charge in [-0.05, 0) is 24.3 Å². The van der Waals surface area contributed by atoms with Gasteiger partial charge in [-0.3, -0.25) is 0 Å². The number of fused-ring (bicyclic) bond motifs is 6. The largest absolute Gasteiger partial charge is 0.490 e. The molecule has 0 unspecified atom stereocenters. The second kappa shape index (κ2) is 6.19. The van der Waals surface area contributed by atoms with Gasteiger partial charge in [0.1, 0.15) is 0 Å². The maximum Gasteiger partial charge on any atom is 0.490 e. The minimum absolute atomic E-state index is 0.509. The molecular formula is C24H16BNO2S. The Morgan fingerprint density at radius 1 is 0.655 bits per heavy atom. The Bertz CT molecular complexity index is 1550. The van der Waals surface area contributed by atoms with Crippen LogP contribution in [0, 0.1) is 0 Å². The first-order valence-electron chi connectivity index (χ1n) is 9.52. The molecule has 0 fully saturated rings. The molecule has 0 spiro atoms. The third kappa shape index (κ3) is 2.39. The molecule has 0 saturated heterocycles. The van der Waals surface area contributed by atoms with Crippen molar-refractivity contribution in [3.05, 3.63) is 84.9 Å². The van der Waals surface area contributed by atoms with Crippen molar-refractivity contribution in [3.63, 3.8) is 0 Å². The number of thiophene rings is 1. The predicted molar refractivity (Wildman–Crippen MR) is 123 cm³/mol. The van der Waals surface area contributed by atoms with Gasteiger partial charge in [0.15, 0.2) is 0 Å². The minimum atomic E-state index is -1.53. The van der Waals surface area contributed by atoms with Crippen LogP contribution in [0.2, 0.25) is 0 Å². The van der Waals surface area contributed by atoms with Gasteiger partial charge in [-0.25, -0.2) is 0 Å². The van der Waals surface area contributed by atoms with Gasteiger partial charge in [0.05, 0.1) is 11.0 Å². The van der Waals surface area contributed by atoms with E-state index in [0.29, 0.717) is 5.46 Å². The number of para-hydroxylation sites is 2. The van der Waals surface area contributed by atoms with Crippen LogP contribution in [-0.4, -0.2) is 21.7 Å². The highest BCUT2D eigenvalue weighted by atomic mass is 32.1. The van der Waals surface area contributed by atoms with E-state index < -0.39 is 7.12 Å². The van der Waals surface area contributed by atoms with Crippen molar-refractivity contribution in [2.24, 2.45) is 0 Å². The van der Waals surface area contributed by atoms with Gasteiger partial charge >= 0.3 is 7.12 Å². The van der Waals surface area contributed by atoms with E-state index in [2.05, 4.69) is 59.2 Å². The van der Waals surface area contributed by atoms with E-state index >= 15 is 0 Å². The standard InChI is InChI=1S/C24H16BNO2S/c27-25(28)20-9-5-8-19-16-6-1-3-10-21(16)26(24(19)20)15-12-13-18-17-7-2-4-11-22(17)29-23(18)14-15/h1-14,27-28H. The molecule has 6 aromatic rings. The molecule has 0 atom stereocenters. The Hall–Kier alpha value is -3.12. The first-order chi connectivity index (χ1) is 14.2. The Morgan fingerprint density at radius 2 is 1.38 bits per heavy atom. The fourth-order valence-corrected chi connectivity index (χ4v) is 5.51. The SMILES string of the molecule is OB(O)c1cccc2c3ccccc3n(-c3ccc4c(c3)sc3ccccc34)c12. The van der Waals surface area contributed by atoms with E-state index in [9.17, 15) is 10.0 Å². The highest BCUT2D eigenvalue weighted by molar-refractivity contribution is 7.25. The fourth-order valence-electron chi connectivity index (χ4n) is 4.38. The summed E-state index contributed by atoms with van der Waals surface area (Å²) < 4.78 is 4.63. The number of nitrogens with zero attached hydrogens (tertiary/aromatic N) is 1. The van der Waals surface area contributed by atoms with Crippen LogP contribution in [0.4, 0.5) is 0 Å². The monoisotopic (exact) mass is 393 g/mol. The van der Waals surface area contributed by atoms with Crippen molar-refractivity contribution >= 4 is 65.9 Å². The Kier molecular flexibility index (Phi) is 3.59. The van der Waals surface area contributed by atoms with E-state index in [1.54, 1.807) is 17.4 Å². The number of hydrogen-bond donors (Lipinski definition) is 2. The normalized spacial score (nSPS) is 11.8. The number of rotatable bonds is 2. The van der Waals surface area contributed by atoms with Crippen LogP contribution in [-0.2, 0) is 0 Å². The van der Waals surface area contributed by atoms with Crippen molar-refractivity contribution in [2.75, 3.05) is 0 Å². The molecule has 0 saturated carbocycles. The zero-order chi connectivity index (χ0) is 19.5. The van der Waals surface area contributed by atoms with Crippen LogP contribution in [0.1, 0.15) is 0 Å². The van der Waals surface area contributed by atoms with Gasteiger partial charge in [0.25, 0.3) is 0 Å². The van der Waals surface area contributed by atoms with E-state index in [0.717, 1.165) is 27.5 Å². The maximum absolute atomic E-state index is 10.0. The highest BCUT2D eigenvalue weighted by Gasteiger charge is 2.21. The summed E-state index contributed by atoms with van der Waals surface area (Å²) in [7, 11) is -1.53. The summed E-state index contributed by atoms with van der Waals surface area (Å²) in [5.41, 5.74) is 3.42. The molecule has 0 aliphatic heterocycles. The maximum atomic E-state index is 10.0. The van der Waals surface area contributed by atoms with E-state index in [1.807, 2.05) is 24.3 Å². The lowest BCUT2D eigenvalue weighted by atomic mass is 9.79. The Morgan fingerprint density at radius 3 is 2.24 bits per heavy atom. The second-order valence-corrected chi connectivity index (χ2v) is 8.33. The van der Waals surface area contributed by atoms with Crippen LogP contribution in [0.3, 0.4) is 0 Å². The first-order valence-corrected chi connectivity index (χ1v) is 10.3. The average molecular weight is 393 g/mol. The summed E-state index contributed by atoms with van der Waals surface area (Å²) in [6.07, 6.45) is 0. The van der Waals surface area contributed by atoms with Gasteiger partial charge < -0.3 is 14.6 Å². The molecule has 3 nitrogen and oxygen atoms in total. The number of aromatic nitrogens is 1. The molecule has 0 bridgehead atoms. The lowest BCUT2D eigenvalue weighted by Gasteiger charge is -2.11. The van der Waals surface area contributed by atoms with Gasteiger partial charge in [0.2, 0.25) is 0 Å². The molecule has 5 heteroatoms. The van der Waals surface area contributed by atoms with E-state index in [-0.39, 0.29) is 0 Å². The zero-order valence-corrected chi connectivity index (χ0v) is 16.2. The molecule has 2 aromatic heterocycles. The van der Waals surface area contributed by atoms with Crippen LogP contribution >= 0.6 is 11.3 Å². The summed E-state index contributed by atoms with van der Waals surface area (Å²) >= 11 is 1.78.